The van der Waals surface area contributed by atoms with Gasteiger partial charge in [0.15, 0.2) is 5.82 Å². The third kappa shape index (κ3) is 4.65. The van der Waals surface area contributed by atoms with Gasteiger partial charge in [0, 0.05) is 11.2 Å². The van der Waals surface area contributed by atoms with Crippen molar-refractivity contribution >= 4 is 44.9 Å². The number of anilines is 1. The molecule has 1 amide bonds. The van der Waals surface area contributed by atoms with Gasteiger partial charge >= 0.3 is 5.69 Å². The van der Waals surface area contributed by atoms with Crippen LogP contribution in [0.25, 0.3) is 0 Å². The minimum atomic E-state index is -3.14. The van der Waals surface area contributed by atoms with Crippen molar-refractivity contribution in [1.29, 1.82) is 0 Å². The highest BCUT2D eigenvalue weighted by Crippen LogP contribution is 2.31. The van der Waals surface area contributed by atoms with Gasteiger partial charge in [0.25, 0.3) is 6.43 Å². The number of nitro groups is 1. The number of rotatable bonds is 7. The Hall–Kier alpha value is -2.86. The second-order valence-corrected chi connectivity index (χ2v) is 7.46. The highest BCUT2D eigenvalue weighted by atomic mass is 79.9. The minimum absolute atomic E-state index is 0.145. The Morgan fingerprint density at radius 3 is 2.67 bits per heavy atom. The number of aromatic nitrogens is 4. The van der Waals surface area contributed by atoms with Crippen molar-refractivity contribution in [2.45, 2.75) is 26.4 Å². The molecule has 0 aliphatic carbocycles. The van der Waals surface area contributed by atoms with Crippen LogP contribution < -0.4 is 5.32 Å². The van der Waals surface area contributed by atoms with Gasteiger partial charge in [-0.25, -0.2) is 8.78 Å². The van der Waals surface area contributed by atoms with E-state index in [1.165, 1.54) is 6.92 Å². The lowest BCUT2D eigenvalue weighted by molar-refractivity contribution is -0.386. The first kappa shape index (κ1) is 21.8. The summed E-state index contributed by atoms with van der Waals surface area (Å²) in [5.74, 6) is -0.444. The van der Waals surface area contributed by atoms with Crippen LogP contribution in [0.1, 0.15) is 23.4 Å². The smallest absolute Gasteiger partial charge is 0.307 e. The number of hydrogen-bond acceptors (Lipinski definition) is 5. The van der Waals surface area contributed by atoms with E-state index in [1.807, 2.05) is 12.1 Å². The molecule has 13 heteroatoms. The zero-order valence-electron chi connectivity index (χ0n) is 15.4. The van der Waals surface area contributed by atoms with Crippen molar-refractivity contribution in [3.8, 4) is 0 Å². The number of hydrogen-bond donors (Lipinski definition) is 1. The molecule has 0 aliphatic rings. The van der Waals surface area contributed by atoms with Gasteiger partial charge in [-0.2, -0.15) is 10.2 Å². The maximum Gasteiger partial charge on any atom is 0.319 e. The molecule has 0 spiro atoms. The largest absolute Gasteiger partial charge is 0.319 e. The number of benzene rings is 1. The molecule has 1 N–H and O–H groups in total. The van der Waals surface area contributed by atoms with E-state index in [-0.39, 0.29) is 11.5 Å². The van der Waals surface area contributed by atoms with Crippen LogP contribution >= 0.6 is 27.5 Å². The standard InChI is InChI=1S/C17H14BrClF2N6O3/c1-9-15(27(29)30)14(16(20)21)23-26(9)8-13(28)22-17-11(18)7-25(24-17)6-10-4-2-3-5-12(10)19/h2-5,7,16H,6,8H2,1H3,(H,22,24,28). The average Bonchev–Trinajstić information content (AvgIpc) is 3.17. The van der Waals surface area contributed by atoms with Crippen LogP contribution in [0.3, 0.4) is 0 Å². The first-order chi connectivity index (χ1) is 14.2. The molecule has 2 heterocycles. The summed E-state index contributed by atoms with van der Waals surface area (Å²) in [6.07, 6.45) is -1.50. The van der Waals surface area contributed by atoms with Crippen molar-refractivity contribution < 1.29 is 18.5 Å². The number of carbonyl (C=O) groups is 1. The molecule has 0 atom stereocenters. The molecule has 0 unspecified atom stereocenters. The third-order valence-electron chi connectivity index (χ3n) is 4.15. The predicted octanol–water partition coefficient (Wildman–Crippen LogP) is 4.34. The lowest BCUT2D eigenvalue weighted by Gasteiger charge is -2.05. The first-order valence-electron chi connectivity index (χ1n) is 8.43. The monoisotopic (exact) mass is 502 g/mol. The molecular weight excluding hydrogens is 490 g/mol. The molecule has 0 aliphatic heterocycles. The van der Waals surface area contributed by atoms with Crippen molar-refractivity contribution in [3.05, 3.63) is 67.0 Å². The van der Waals surface area contributed by atoms with E-state index in [1.54, 1.807) is 23.0 Å². The van der Waals surface area contributed by atoms with Gasteiger partial charge in [-0.05, 0) is 34.5 Å². The van der Waals surface area contributed by atoms with E-state index >= 15 is 0 Å². The lowest BCUT2D eigenvalue weighted by Crippen LogP contribution is -2.21. The van der Waals surface area contributed by atoms with Crippen molar-refractivity contribution in [2.75, 3.05) is 5.32 Å². The Kier molecular flexibility index (Phi) is 6.46. The summed E-state index contributed by atoms with van der Waals surface area (Å²) < 4.78 is 28.9. The molecule has 0 saturated heterocycles. The topological polar surface area (TPSA) is 108 Å². The molecule has 9 nitrogen and oxygen atoms in total. The lowest BCUT2D eigenvalue weighted by atomic mass is 10.2. The highest BCUT2D eigenvalue weighted by Gasteiger charge is 2.31. The number of nitrogens with zero attached hydrogens (tertiary/aromatic N) is 5. The number of alkyl halides is 2. The van der Waals surface area contributed by atoms with E-state index in [0.717, 1.165) is 10.2 Å². The number of halogens is 4. The molecule has 0 bridgehead atoms. The van der Waals surface area contributed by atoms with Gasteiger partial charge in [-0.15, -0.1) is 0 Å². The Morgan fingerprint density at radius 2 is 2.07 bits per heavy atom. The first-order valence-corrected chi connectivity index (χ1v) is 9.60. The predicted molar refractivity (Wildman–Crippen MR) is 108 cm³/mol. The summed E-state index contributed by atoms with van der Waals surface area (Å²) in [6.45, 7) is 1.11. The normalized spacial score (nSPS) is 11.1. The average molecular weight is 504 g/mol. The van der Waals surface area contributed by atoms with E-state index in [9.17, 15) is 23.7 Å². The van der Waals surface area contributed by atoms with Gasteiger partial charge in [0.2, 0.25) is 11.6 Å². The van der Waals surface area contributed by atoms with Crippen molar-refractivity contribution in [3.63, 3.8) is 0 Å². The minimum Gasteiger partial charge on any atom is -0.307 e. The fraction of sp³-hybridized carbons (Fsp3) is 0.235. The zero-order chi connectivity index (χ0) is 22.0. The van der Waals surface area contributed by atoms with Crippen LogP contribution in [0.2, 0.25) is 5.02 Å². The summed E-state index contributed by atoms with van der Waals surface area (Å²) in [5, 5.41) is 21.9. The molecule has 158 valence electrons. The zero-order valence-corrected chi connectivity index (χ0v) is 17.7. The fourth-order valence-electron chi connectivity index (χ4n) is 2.76. The van der Waals surface area contributed by atoms with E-state index in [4.69, 9.17) is 11.6 Å². The van der Waals surface area contributed by atoms with Crippen LogP contribution in [0.4, 0.5) is 20.3 Å². The maximum absolute atomic E-state index is 13.0. The Morgan fingerprint density at radius 1 is 1.37 bits per heavy atom. The van der Waals surface area contributed by atoms with Crippen molar-refractivity contribution in [1.82, 2.24) is 19.6 Å². The van der Waals surface area contributed by atoms with Crippen LogP contribution in [0.5, 0.6) is 0 Å². The summed E-state index contributed by atoms with van der Waals surface area (Å²) in [5.41, 5.74) is -1.10. The number of nitrogens with one attached hydrogen (secondary N) is 1. The summed E-state index contributed by atoms with van der Waals surface area (Å²) in [7, 11) is 0. The molecule has 3 rings (SSSR count). The van der Waals surface area contributed by atoms with Crippen LogP contribution in [-0.4, -0.2) is 30.4 Å². The van der Waals surface area contributed by atoms with Gasteiger partial charge in [0.1, 0.15) is 12.2 Å². The summed E-state index contributed by atoms with van der Waals surface area (Å²) in [6, 6.07) is 7.22. The Bertz CT molecular complexity index is 1120. The van der Waals surface area contributed by atoms with Gasteiger partial charge in [0.05, 0.1) is 15.9 Å². The molecule has 2 aromatic heterocycles. The van der Waals surface area contributed by atoms with Crippen LogP contribution in [-0.2, 0) is 17.9 Å². The van der Waals surface area contributed by atoms with Crippen LogP contribution in [0, 0.1) is 17.0 Å². The molecule has 0 fully saturated rings. The van der Waals surface area contributed by atoms with Crippen LogP contribution in [0.15, 0.2) is 34.9 Å². The Balaban J connectivity index is 1.74. The second kappa shape index (κ2) is 8.88. The number of amides is 1. The quantitative estimate of drug-likeness (QED) is 0.381. The molecule has 1 aromatic carbocycles. The van der Waals surface area contributed by atoms with Gasteiger partial charge in [-0.1, -0.05) is 29.8 Å². The SMILES string of the molecule is Cc1c([N+](=O)[O-])c(C(F)F)nn1CC(=O)Nc1nn(Cc2ccccc2Cl)cc1Br. The molecular formula is C17H14BrClF2N6O3. The van der Waals surface area contributed by atoms with E-state index < -0.39 is 35.2 Å². The van der Waals surface area contributed by atoms with E-state index in [0.29, 0.717) is 16.0 Å². The third-order valence-corrected chi connectivity index (χ3v) is 5.10. The molecule has 0 radical (unpaired) electrons. The molecule has 0 saturated carbocycles. The summed E-state index contributed by atoms with van der Waals surface area (Å²) >= 11 is 9.43. The highest BCUT2D eigenvalue weighted by molar-refractivity contribution is 9.10. The Labute approximate surface area is 181 Å². The van der Waals surface area contributed by atoms with Gasteiger partial charge < -0.3 is 5.32 Å². The summed E-state index contributed by atoms with van der Waals surface area (Å²) in [4.78, 5) is 22.5. The second-order valence-electron chi connectivity index (χ2n) is 6.20. The molecule has 30 heavy (non-hydrogen) atoms. The van der Waals surface area contributed by atoms with Gasteiger partial charge in [-0.3, -0.25) is 24.3 Å². The number of carbonyl (C=O) groups excluding carboxylic acids is 1. The fourth-order valence-corrected chi connectivity index (χ4v) is 3.37. The van der Waals surface area contributed by atoms with E-state index in [2.05, 4.69) is 31.4 Å². The maximum atomic E-state index is 13.0. The molecule has 3 aromatic rings. The van der Waals surface area contributed by atoms with Crippen molar-refractivity contribution in [2.24, 2.45) is 0 Å².